The van der Waals surface area contributed by atoms with Crippen molar-refractivity contribution in [3.05, 3.63) is 137 Å². The van der Waals surface area contributed by atoms with Crippen molar-refractivity contribution >= 4 is 54.5 Å². The van der Waals surface area contributed by atoms with Gasteiger partial charge in [-0.05, 0) is 73.2 Å². The van der Waals surface area contributed by atoms with Crippen LogP contribution >= 0.6 is 11.6 Å². The summed E-state index contributed by atoms with van der Waals surface area (Å²) in [5, 5.41) is 7.56. The van der Waals surface area contributed by atoms with Crippen LogP contribution in [0.25, 0.3) is 22.2 Å². The molecular formula is C36H34ClFN4O7S2. The van der Waals surface area contributed by atoms with Gasteiger partial charge in [0, 0.05) is 29.4 Å². The number of ether oxygens (including phenoxy) is 1. The number of aryl methyl sites for hydroxylation is 1. The quantitative estimate of drug-likeness (QED) is 0.130. The minimum Gasteiger partial charge on any atom is -0.487 e. The number of benzene rings is 4. The molecule has 0 bridgehead atoms. The summed E-state index contributed by atoms with van der Waals surface area (Å²) in [6.45, 7) is 3.04. The highest BCUT2D eigenvalue weighted by molar-refractivity contribution is 7.90. The molecule has 6 aromatic rings. The molecule has 266 valence electrons. The molecule has 0 aliphatic rings. The number of hydrogen-bond acceptors (Lipinski definition) is 11. The van der Waals surface area contributed by atoms with Gasteiger partial charge < -0.3 is 19.8 Å². The SMILES string of the molecule is CS(=O)(=O)CCNCc1ccc(-c2ccc3ncnc(Nc4ccc(OCc5cccc(F)c5)c(Cl)c4)c3c2)o1.Cc1ccccc1.O=S(=O)=O. The molecule has 51 heavy (non-hydrogen) atoms. The van der Waals surface area contributed by atoms with Crippen LogP contribution in [0, 0.1) is 12.7 Å². The van der Waals surface area contributed by atoms with Crippen LogP contribution in [-0.2, 0) is 33.6 Å². The van der Waals surface area contributed by atoms with Gasteiger partial charge in [-0.2, -0.15) is 0 Å². The molecule has 0 radical (unpaired) electrons. The van der Waals surface area contributed by atoms with Gasteiger partial charge in [-0.15, -0.1) is 12.6 Å². The van der Waals surface area contributed by atoms with Crippen LogP contribution in [0.1, 0.15) is 16.9 Å². The molecular weight excluding hydrogens is 719 g/mol. The molecule has 0 saturated heterocycles. The molecule has 2 N–H and O–H groups in total. The Morgan fingerprint density at radius 2 is 1.67 bits per heavy atom. The third kappa shape index (κ3) is 13.2. The van der Waals surface area contributed by atoms with Gasteiger partial charge >= 0.3 is 10.6 Å². The molecule has 0 unspecified atom stereocenters. The number of rotatable bonds is 11. The molecule has 0 saturated carbocycles. The predicted octanol–water partition coefficient (Wildman–Crippen LogP) is 7.13. The van der Waals surface area contributed by atoms with Crippen molar-refractivity contribution in [3.63, 3.8) is 0 Å². The summed E-state index contributed by atoms with van der Waals surface area (Å²) in [6.07, 6.45) is 2.69. The summed E-state index contributed by atoms with van der Waals surface area (Å²) in [4.78, 5) is 8.80. The molecule has 4 aromatic carbocycles. The second kappa shape index (κ2) is 18.7. The molecule has 6 rings (SSSR count). The van der Waals surface area contributed by atoms with E-state index in [1.807, 2.05) is 54.6 Å². The molecule has 0 aliphatic heterocycles. The maximum atomic E-state index is 13.4. The van der Waals surface area contributed by atoms with Crippen LogP contribution in [-0.4, -0.2) is 49.6 Å². The summed E-state index contributed by atoms with van der Waals surface area (Å²) < 4.78 is 73.1. The smallest absolute Gasteiger partial charge is 0.425 e. The summed E-state index contributed by atoms with van der Waals surface area (Å²) in [6, 6.07) is 31.2. The first kappa shape index (κ1) is 38.6. The standard InChI is InChI=1S/C29H26ClFN4O4S.C7H8.O3S/c1-40(36,37)12-11-32-16-23-7-10-27(39-23)20-5-8-26-24(14-20)29(34-18-33-26)35-22-6-9-28(25(30)15-22)38-17-19-3-2-4-21(31)13-19;1-7-5-3-2-4-6-7;1-4(2)3/h2-10,13-15,18,32H,11-12,16-17H2,1H3,(H,33,34,35);2-6H,1H3;. The highest BCUT2D eigenvalue weighted by Gasteiger charge is 2.11. The van der Waals surface area contributed by atoms with Gasteiger partial charge in [-0.1, -0.05) is 59.6 Å². The minimum atomic E-state index is -3.11. The molecule has 0 spiro atoms. The lowest BCUT2D eigenvalue weighted by Gasteiger charge is -2.12. The Morgan fingerprint density at radius 3 is 2.33 bits per heavy atom. The number of fused-ring (bicyclic) bond motifs is 1. The maximum absolute atomic E-state index is 13.4. The zero-order valence-electron chi connectivity index (χ0n) is 27.5. The third-order valence-electron chi connectivity index (χ3n) is 6.95. The van der Waals surface area contributed by atoms with Crippen molar-refractivity contribution in [1.29, 1.82) is 0 Å². The fraction of sp³-hybridized carbons (Fsp3) is 0.167. The van der Waals surface area contributed by atoms with Crippen LogP contribution in [0.5, 0.6) is 5.75 Å². The van der Waals surface area contributed by atoms with Gasteiger partial charge in [-0.25, -0.2) is 22.8 Å². The van der Waals surface area contributed by atoms with E-state index < -0.39 is 20.4 Å². The van der Waals surface area contributed by atoms with Crippen LogP contribution in [0.15, 0.2) is 114 Å². The van der Waals surface area contributed by atoms with Gasteiger partial charge in [0.15, 0.2) is 0 Å². The Bertz CT molecular complexity index is 2280. The zero-order valence-corrected chi connectivity index (χ0v) is 29.9. The summed E-state index contributed by atoms with van der Waals surface area (Å²) in [5.74, 6) is 2.17. The van der Waals surface area contributed by atoms with E-state index in [1.54, 1.807) is 24.3 Å². The molecule has 15 heteroatoms. The van der Waals surface area contributed by atoms with Gasteiger partial charge in [0.2, 0.25) is 0 Å². The lowest BCUT2D eigenvalue weighted by Crippen LogP contribution is -2.21. The summed E-state index contributed by atoms with van der Waals surface area (Å²) in [7, 11) is -6.13. The van der Waals surface area contributed by atoms with Crippen molar-refractivity contribution in [3.8, 4) is 17.1 Å². The zero-order chi connectivity index (χ0) is 36.8. The summed E-state index contributed by atoms with van der Waals surface area (Å²) in [5.41, 5.74) is 4.31. The number of nitrogens with one attached hydrogen (secondary N) is 2. The van der Waals surface area contributed by atoms with E-state index in [1.165, 1.54) is 30.3 Å². The fourth-order valence-electron chi connectivity index (χ4n) is 4.56. The summed E-state index contributed by atoms with van der Waals surface area (Å²) >= 11 is 6.47. The van der Waals surface area contributed by atoms with Gasteiger partial charge in [0.25, 0.3) is 0 Å². The number of anilines is 2. The molecule has 2 aromatic heterocycles. The van der Waals surface area contributed by atoms with Crippen LogP contribution < -0.4 is 15.4 Å². The lowest BCUT2D eigenvalue weighted by atomic mass is 10.1. The van der Waals surface area contributed by atoms with Crippen molar-refractivity contribution in [1.82, 2.24) is 15.3 Å². The molecule has 0 aliphatic carbocycles. The molecule has 11 nitrogen and oxygen atoms in total. The fourth-order valence-corrected chi connectivity index (χ4v) is 5.31. The van der Waals surface area contributed by atoms with Crippen molar-refractivity contribution in [2.75, 3.05) is 23.9 Å². The van der Waals surface area contributed by atoms with E-state index in [-0.39, 0.29) is 18.2 Å². The number of hydrogen-bond donors (Lipinski definition) is 2. The molecule has 0 fully saturated rings. The topological polar surface area (TPSA) is 158 Å². The van der Waals surface area contributed by atoms with Gasteiger partial charge in [0.05, 0.1) is 22.8 Å². The van der Waals surface area contributed by atoms with Crippen molar-refractivity contribution in [2.24, 2.45) is 0 Å². The second-order valence-electron chi connectivity index (χ2n) is 11.1. The van der Waals surface area contributed by atoms with Crippen molar-refractivity contribution < 1.29 is 34.6 Å². The van der Waals surface area contributed by atoms with Crippen LogP contribution in [0.4, 0.5) is 15.9 Å². The first-order chi connectivity index (χ1) is 24.4. The normalized spacial score (nSPS) is 10.7. The highest BCUT2D eigenvalue weighted by atomic mass is 35.5. The van der Waals surface area contributed by atoms with E-state index in [0.29, 0.717) is 52.5 Å². The molecule has 0 atom stereocenters. The van der Waals surface area contributed by atoms with E-state index >= 15 is 0 Å². The Kier molecular flexibility index (Phi) is 14.2. The van der Waals surface area contributed by atoms with E-state index in [4.69, 9.17) is 33.4 Å². The number of nitrogens with zero attached hydrogens (tertiary/aromatic N) is 2. The average molecular weight is 753 g/mol. The van der Waals surface area contributed by atoms with Gasteiger partial charge in [-0.3, -0.25) is 0 Å². The Morgan fingerprint density at radius 1 is 0.902 bits per heavy atom. The second-order valence-corrected chi connectivity index (χ2v) is 14.1. The largest absolute Gasteiger partial charge is 0.487 e. The molecule has 2 heterocycles. The van der Waals surface area contributed by atoms with Crippen LogP contribution in [0.2, 0.25) is 5.02 Å². The van der Waals surface area contributed by atoms with Gasteiger partial charge in [0.1, 0.15) is 51.7 Å². The Hall–Kier alpha value is -5.15. The monoisotopic (exact) mass is 752 g/mol. The third-order valence-corrected chi connectivity index (χ3v) is 8.19. The van der Waals surface area contributed by atoms with E-state index in [0.717, 1.165) is 16.5 Å². The number of furan rings is 1. The first-order valence-electron chi connectivity index (χ1n) is 15.3. The maximum Gasteiger partial charge on any atom is 0.425 e. The first-order valence-corrected chi connectivity index (χ1v) is 18.7. The number of aromatic nitrogens is 2. The van der Waals surface area contributed by atoms with E-state index in [9.17, 15) is 12.8 Å². The predicted molar refractivity (Wildman–Crippen MR) is 195 cm³/mol. The van der Waals surface area contributed by atoms with E-state index in [2.05, 4.69) is 39.7 Å². The Labute approximate surface area is 301 Å². The average Bonchev–Trinajstić information content (AvgIpc) is 3.55. The minimum absolute atomic E-state index is 0.0664. The Balaban J connectivity index is 0.000000456. The van der Waals surface area contributed by atoms with Crippen LogP contribution in [0.3, 0.4) is 0 Å². The lowest BCUT2D eigenvalue weighted by molar-refractivity contribution is 0.306. The number of halogens is 2. The number of sulfone groups is 1. The molecule has 0 amide bonds. The highest BCUT2D eigenvalue weighted by Crippen LogP contribution is 2.33. The van der Waals surface area contributed by atoms with Crippen molar-refractivity contribution in [2.45, 2.75) is 20.1 Å².